The topological polar surface area (TPSA) is 129 Å². The summed E-state index contributed by atoms with van der Waals surface area (Å²) in [7, 11) is 0. The van der Waals surface area contributed by atoms with E-state index >= 15 is 0 Å². The van der Waals surface area contributed by atoms with E-state index in [-0.39, 0.29) is 21.8 Å². The summed E-state index contributed by atoms with van der Waals surface area (Å²) in [5.41, 5.74) is 16.8. The van der Waals surface area contributed by atoms with Crippen LogP contribution in [-0.4, -0.2) is 54.8 Å². The average Bonchev–Trinajstić information content (AvgIpc) is 1.60. The number of hydrogen-bond acceptors (Lipinski definition) is 10. The molecule has 0 radical (unpaired) electrons. The van der Waals surface area contributed by atoms with Crippen LogP contribution in [-0.2, 0) is 12.4 Å². The lowest BCUT2D eigenvalue weighted by Crippen LogP contribution is -2.34. The molecule has 0 saturated carbocycles. The van der Waals surface area contributed by atoms with Gasteiger partial charge in [0.15, 0.2) is 40.8 Å². The summed E-state index contributed by atoms with van der Waals surface area (Å²) in [6, 6.07) is 111. The van der Waals surface area contributed by atoms with Crippen LogP contribution >= 0.6 is 0 Å². The van der Waals surface area contributed by atoms with E-state index in [0.29, 0.717) is 81.2 Å². The molecule has 5 aromatic heterocycles. The van der Waals surface area contributed by atoms with Gasteiger partial charge in [0.05, 0.1) is 67.4 Å². The number of hydrogen-bond donors (Lipinski definition) is 0. The predicted molar refractivity (Wildman–Crippen MR) is 486 cm³/mol. The Morgan fingerprint density at radius 2 is 0.712 bits per heavy atom. The Hall–Kier alpha value is -16.2. The van der Waals surface area contributed by atoms with E-state index in [2.05, 4.69) is 126 Å². The largest absolute Gasteiger partial charge is 0.416 e. The summed E-state index contributed by atoms with van der Waals surface area (Å²) < 4.78 is 93.6. The second kappa shape index (κ2) is 31.4. The number of alkyl halides is 6. The molecule has 0 N–H and O–H groups in total. The number of halogens is 6. The van der Waals surface area contributed by atoms with Gasteiger partial charge in [-0.3, -0.25) is 4.90 Å². The predicted octanol–water partition coefficient (Wildman–Crippen LogP) is 27.1. The number of rotatable bonds is 15. The van der Waals surface area contributed by atoms with Gasteiger partial charge in [-0.1, -0.05) is 273 Å². The lowest BCUT2D eigenvalue weighted by Gasteiger charge is -2.34. The molecule has 0 atom stereocenters. The van der Waals surface area contributed by atoms with Crippen molar-refractivity contribution in [2.24, 2.45) is 4.99 Å². The Morgan fingerprint density at radius 3 is 1.20 bits per heavy atom. The molecule has 0 amide bonds. The van der Waals surface area contributed by atoms with E-state index in [1.54, 1.807) is 4.57 Å². The van der Waals surface area contributed by atoms with Gasteiger partial charge in [-0.25, -0.2) is 44.9 Å². The van der Waals surface area contributed by atoms with Crippen molar-refractivity contribution >= 4 is 60.8 Å². The Morgan fingerprint density at radius 1 is 0.296 bits per heavy atom. The number of aliphatic imine (C=N–C) groups is 1. The number of nitrogens with zero attached hydrogens (tertiary/aromatic N) is 12. The molecule has 12 nitrogen and oxygen atoms in total. The van der Waals surface area contributed by atoms with Crippen molar-refractivity contribution in [1.82, 2.24) is 49.0 Å². The molecule has 598 valence electrons. The van der Waals surface area contributed by atoms with Crippen LogP contribution in [0.25, 0.3) is 174 Å². The van der Waals surface area contributed by atoms with Crippen LogP contribution in [0.5, 0.6) is 0 Å². The van der Waals surface area contributed by atoms with Crippen molar-refractivity contribution in [2.75, 3.05) is 4.90 Å². The van der Waals surface area contributed by atoms with Gasteiger partial charge in [0.1, 0.15) is 5.84 Å². The third-order valence-electron chi connectivity index (χ3n) is 22.8. The van der Waals surface area contributed by atoms with Crippen LogP contribution in [0.2, 0.25) is 0 Å². The zero-order chi connectivity index (χ0) is 84.4. The lowest BCUT2D eigenvalue weighted by atomic mass is 9.95. The Balaban J connectivity index is 0.746. The van der Waals surface area contributed by atoms with Gasteiger partial charge >= 0.3 is 12.4 Å². The molecule has 0 bridgehead atoms. The van der Waals surface area contributed by atoms with E-state index < -0.39 is 23.5 Å². The Kier molecular flexibility index (Phi) is 19.2. The number of para-hydroxylation sites is 1. The number of amidine groups is 1. The van der Waals surface area contributed by atoms with E-state index in [9.17, 15) is 26.3 Å². The molecule has 0 spiro atoms. The summed E-state index contributed by atoms with van der Waals surface area (Å²) in [5, 5.41) is 2.00. The molecule has 1 aliphatic heterocycles. The maximum Gasteiger partial charge on any atom is 0.416 e. The van der Waals surface area contributed by atoms with Crippen LogP contribution < -0.4 is 4.90 Å². The lowest BCUT2D eigenvalue weighted by molar-refractivity contribution is -0.138. The SMILES string of the molecule is Cc1cc(N2C(c3ccccc3)=NC(c3cc(-c4nc(-c5ccccc5)nc(-c5ccccc5)n4)ccc3-n3c4ccc(C(F)(F)F)cc4c4cc(C(F)(F)F)ccc43)=CC2=C2C=CC=CC2)ccc1-c1ccc2c3ccccc3n(-c3ccc(-c4nc(-c5ccccc5)nc(-c5ccccc5)n4)cc3-c3cc(-c4ccccc4)nc(-c4ccccc4)n3)c2c1. The molecule has 14 aromatic carbocycles. The maximum atomic E-state index is 14.9. The number of allylic oxidation sites excluding steroid dienone is 6. The highest BCUT2D eigenvalue weighted by atomic mass is 19.4. The van der Waals surface area contributed by atoms with Crippen molar-refractivity contribution in [2.45, 2.75) is 25.7 Å². The zero-order valence-corrected chi connectivity index (χ0v) is 66.7. The molecular weight excluding hydrogens is 1570 g/mol. The minimum Gasteiger partial charge on any atom is -0.309 e. The molecule has 2 aliphatic rings. The fourth-order valence-electron chi connectivity index (χ4n) is 16.9. The first-order valence-electron chi connectivity index (χ1n) is 40.8. The normalized spacial score (nSPS) is 13.6. The van der Waals surface area contributed by atoms with E-state index in [0.717, 1.165) is 141 Å². The van der Waals surface area contributed by atoms with Crippen LogP contribution in [0.4, 0.5) is 32.0 Å². The molecule has 0 saturated heterocycles. The first-order valence-corrected chi connectivity index (χ1v) is 40.8. The summed E-state index contributed by atoms with van der Waals surface area (Å²) in [6.07, 6.45) is 1.02. The molecular formula is C107H68F6N12. The van der Waals surface area contributed by atoms with E-state index in [1.165, 1.54) is 12.1 Å². The number of fused-ring (bicyclic) bond motifs is 6. The first kappa shape index (κ1) is 76.2. The van der Waals surface area contributed by atoms with Crippen LogP contribution in [0.3, 0.4) is 0 Å². The fraction of sp³-hybridized carbons (Fsp3) is 0.0374. The summed E-state index contributed by atoms with van der Waals surface area (Å²) in [5.74, 6) is 3.69. The third-order valence-corrected chi connectivity index (χ3v) is 22.8. The first-order chi connectivity index (χ1) is 61.1. The second-order valence-electron chi connectivity index (χ2n) is 30.7. The van der Waals surface area contributed by atoms with Gasteiger partial charge in [0.2, 0.25) is 0 Å². The highest BCUT2D eigenvalue weighted by molar-refractivity contribution is 6.17. The summed E-state index contributed by atoms with van der Waals surface area (Å²) in [6.45, 7) is 2.11. The minimum atomic E-state index is -4.82. The van der Waals surface area contributed by atoms with Gasteiger partial charge in [0, 0.05) is 88.4 Å². The van der Waals surface area contributed by atoms with Crippen molar-refractivity contribution < 1.29 is 26.3 Å². The van der Waals surface area contributed by atoms with Crippen molar-refractivity contribution in [3.8, 4) is 125 Å². The van der Waals surface area contributed by atoms with Crippen molar-refractivity contribution in [3.63, 3.8) is 0 Å². The monoisotopic (exact) mass is 1630 g/mol. The smallest absolute Gasteiger partial charge is 0.309 e. The van der Waals surface area contributed by atoms with Crippen LogP contribution in [0, 0.1) is 6.92 Å². The molecule has 1 aliphatic carbocycles. The average molecular weight is 1640 g/mol. The molecule has 6 heterocycles. The van der Waals surface area contributed by atoms with Gasteiger partial charge in [-0.2, -0.15) is 26.3 Å². The molecule has 18 heteroatoms. The van der Waals surface area contributed by atoms with E-state index in [1.807, 2.05) is 237 Å². The minimum absolute atomic E-state index is 0.0312. The molecule has 0 unspecified atom stereocenters. The Labute approximate surface area is 713 Å². The molecule has 21 rings (SSSR count). The maximum absolute atomic E-state index is 14.9. The van der Waals surface area contributed by atoms with Crippen LogP contribution in [0.1, 0.15) is 34.2 Å². The van der Waals surface area contributed by atoms with Crippen molar-refractivity contribution in [1.29, 1.82) is 0 Å². The molecule has 0 fully saturated rings. The Bertz CT molecular complexity index is 7390. The number of benzene rings is 14. The van der Waals surface area contributed by atoms with Gasteiger partial charge in [-0.05, 0) is 145 Å². The molecule has 125 heavy (non-hydrogen) atoms. The van der Waals surface area contributed by atoms with Crippen LogP contribution in [0.15, 0.2) is 398 Å². The van der Waals surface area contributed by atoms with Gasteiger partial charge in [0.25, 0.3) is 0 Å². The highest BCUT2D eigenvalue weighted by Gasteiger charge is 2.36. The van der Waals surface area contributed by atoms with Crippen molar-refractivity contribution in [3.05, 3.63) is 421 Å². The fourth-order valence-corrected chi connectivity index (χ4v) is 16.9. The van der Waals surface area contributed by atoms with Gasteiger partial charge < -0.3 is 9.13 Å². The highest BCUT2D eigenvalue weighted by Crippen LogP contribution is 2.47. The third kappa shape index (κ3) is 14.5. The number of aryl methyl sites for hydroxylation is 1. The number of anilines is 1. The van der Waals surface area contributed by atoms with E-state index in [4.69, 9.17) is 44.9 Å². The van der Waals surface area contributed by atoms with Gasteiger partial charge in [-0.15, -0.1) is 0 Å². The number of aromatic nitrogens is 10. The zero-order valence-electron chi connectivity index (χ0n) is 66.7. The summed E-state index contributed by atoms with van der Waals surface area (Å²) in [4.78, 5) is 49.6. The second-order valence-corrected chi connectivity index (χ2v) is 30.7. The standard InChI is InChI=1S/C107H68F6N12/c1-66-58-80(51-53-81(66)75-46-52-83-82-44-26-27-45-91(82)125(97(83)61-75)95-55-48-76(103-119-99(70-34-16-5-17-35-70)117-100(120-103)71-36-18-6-19-37-71)59-86(95)89-64-88(67-28-10-2-11-29-67)114-98(115-89)69-32-14-4-15-33-69)123-96(68-30-12-3-13-31-68)65-90(116-105(123)74-42-24-9-25-43-74)87-60-77(104-121-101(72-38-20-7-21-39-72)118-102(122-104)73-40-22-8-23-41-73)47-54-94(87)124-92-56-49-78(106(108,109)110)62-84(92)85-63-79(107(111,112)113)50-57-93(85)124/h2-30,32-65H,31H2,1H3. The summed E-state index contributed by atoms with van der Waals surface area (Å²) >= 11 is 0. The quantitative estimate of drug-likeness (QED) is 0.0921. The molecule has 19 aromatic rings.